The van der Waals surface area contributed by atoms with Crippen molar-refractivity contribution in [2.45, 2.75) is 26.4 Å². The molecule has 1 N–H and O–H groups in total. The zero-order chi connectivity index (χ0) is 10.6. The van der Waals surface area contributed by atoms with Gasteiger partial charge in [0.1, 0.15) is 6.10 Å². The standard InChI is InChI=1S/C9H14N2O2S/c1-4-7(13-3)8(12)11-9-10-5-6(2)14-9/h5,7H,4H2,1-3H3,(H,10,11,12)/t7-/m0/s1. The summed E-state index contributed by atoms with van der Waals surface area (Å²) in [5.41, 5.74) is 0. The molecule has 1 heterocycles. The third kappa shape index (κ3) is 2.78. The minimum Gasteiger partial charge on any atom is -0.372 e. The molecule has 0 aliphatic heterocycles. The maximum atomic E-state index is 11.5. The molecular weight excluding hydrogens is 200 g/mol. The molecule has 5 heteroatoms. The molecule has 0 saturated carbocycles. The van der Waals surface area contributed by atoms with E-state index < -0.39 is 0 Å². The van der Waals surface area contributed by atoms with Gasteiger partial charge in [0.05, 0.1) is 0 Å². The number of ether oxygens (including phenoxy) is 1. The number of nitrogens with one attached hydrogen (secondary N) is 1. The first kappa shape index (κ1) is 11.1. The van der Waals surface area contributed by atoms with Gasteiger partial charge in [-0.25, -0.2) is 4.98 Å². The first-order valence-corrected chi connectivity index (χ1v) is 5.25. The smallest absolute Gasteiger partial charge is 0.255 e. The van der Waals surface area contributed by atoms with E-state index in [2.05, 4.69) is 10.3 Å². The molecule has 0 spiro atoms. The van der Waals surface area contributed by atoms with Crippen LogP contribution in [0.25, 0.3) is 0 Å². The van der Waals surface area contributed by atoms with Crippen molar-refractivity contribution in [3.05, 3.63) is 11.1 Å². The Hall–Kier alpha value is -0.940. The Bertz CT molecular complexity index is 308. The van der Waals surface area contributed by atoms with E-state index in [1.807, 2.05) is 13.8 Å². The second-order valence-corrected chi connectivity index (χ2v) is 4.13. The number of carbonyl (C=O) groups excluding carboxylic acids is 1. The van der Waals surface area contributed by atoms with Gasteiger partial charge in [-0.1, -0.05) is 6.92 Å². The van der Waals surface area contributed by atoms with Crippen LogP contribution in [0, 0.1) is 6.92 Å². The molecule has 78 valence electrons. The molecule has 1 atom stereocenters. The topological polar surface area (TPSA) is 51.2 Å². The van der Waals surface area contributed by atoms with Gasteiger partial charge in [0.2, 0.25) is 0 Å². The lowest BCUT2D eigenvalue weighted by Crippen LogP contribution is -2.28. The van der Waals surface area contributed by atoms with Gasteiger partial charge in [0.15, 0.2) is 5.13 Å². The summed E-state index contributed by atoms with van der Waals surface area (Å²) >= 11 is 1.46. The fourth-order valence-corrected chi connectivity index (χ4v) is 1.72. The number of aromatic nitrogens is 1. The van der Waals surface area contributed by atoms with Gasteiger partial charge in [-0.05, 0) is 13.3 Å². The van der Waals surface area contributed by atoms with E-state index in [0.717, 1.165) is 4.88 Å². The minimum absolute atomic E-state index is 0.135. The van der Waals surface area contributed by atoms with Crippen molar-refractivity contribution in [3.63, 3.8) is 0 Å². The molecule has 0 aliphatic rings. The molecular formula is C9H14N2O2S. The van der Waals surface area contributed by atoms with Crippen LogP contribution in [0.4, 0.5) is 5.13 Å². The number of thiazole rings is 1. The predicted molar refractivity (Wildman–Crippen MR) is 56.6 cm³/mol. The first-order chi connectivity index (χ1) is 6.67. The second-order valence-electron chi connectivity index (χ2n) is 2.90. The first-order valence-electron chi connectivity index (χ1n) is 4.43. The number of hydrogen-bond donors (Lipinski definition) is 1. The molecule has 1 amide bonds. The van der Waals surface area contributed by atoms with Crippen molar-refractivity contribution < 1.29 is 9.53 Å². The van der Waals surface area contributed by atoms with Crippen molar-refractivity contribution in [2.24, 2.45) is 0 Å². The van der Waals surface area contributed by atoms with E-state index >= 15 is 0 Å². The number of hydrogen-bond acceptors (Lipinski definition) is 4. The molecule has 0 saturated heterocycles. The molecule has 0 aromatic carbocycles. The molecule has 1 rings (SSSR count). The molecule has 0 radical (unpaired) electrons. The highest BCUT2D eigenvalue weighted by Gasteiger charge is 2.16. The van der Waals surface area contributed by atoms with Crippen molar-refractivity contribution in [1.82, 2.24) is 4.98 Å². The van der Waals surface area contributed by atoms with Crippen LogP contribution >= 0.6 is 11.3 Å². The van der Waals surface area contributed by atoms with E-state index in [1.165, 1.54) is 18.4 Å². The molecule has 1 aromatic rings. The summed E-state index contributed by atoms with van der Waals surface area (Å²) in [6.07, 6.45) is 2.00. The molecule has 0 aliphatic carbocycles. The van der Waals surface area contributed by atoms with Crippen molar-refractivity contribution in [3.8, 4) is 0 Å². The summed E-state index contributed by atoms with van der Waals surface area (Å²) in [6.45, 7) is 3.85. The number of carbonyl (C=O) groups is 1. The fourth-order valence-electron chi connectivity index (χ4n) is 1.06. The quantitative estimate of drug-likeness (QED) is 0.831. The van der Waals surface area contributed by atoms with Gasteiger partial charge in [-0.15, -0.1) is 11.3 Å². The van der Waals surface area contributed by atoms with Crippen LogP contribution < -0.4 is 5.32 Å². The Kier molecular flexibility index (Phi) is 4.03. The summed E-state index contributed by atoms with van der Waals surface area (Å²) in [5.74, 6) is -0.135. The third-order valence-electron chi connectivity index (χ3n) is 1.80. The van der Waals surface area contributed by atoms with Crippen LogP contribution in [0.2, 0.25) is 0 Å². The number of nitrogens with zero attached hydrogens (tertiary/aromatic N) is 1. The number of anilines is 1. The molecule has 4 nitrogen and oxygen atoms in total. The van der Waals surface area contributed by atoms with Crippen LogP contribution in [-0.2, 0) is 9.53 Å². The largest absolute Gasteiger partial charge is 0.372 e. The lowest BCUT2D eigenvalue weighted by atomic mass is 10.2. The lowest BCUT2D eigenvalue weighted by molar-refractivity contribution is -0.125. The average Bonchev–Trinajstić information content (AvgIpc) is 2.53. The van der Waals surface area contributed by atoms with Gasteiger partial charge < -0.3 is 4.74 Å². The Morgan fingerprint density at radius 3 is 2.93 bits per heavy atom. The predicted octanol–water partition coefficient (Wildman–Crippen LogP) is 1.82. The summed E-state index contributed by atoms with van der Waals surface area (Å²) < 4.78 is 5.01. The fraction of sp³-hybridized carbons (Fsp3) is 0.556. The van der Waals surface area contributed by atoms with E-state index in [4.69, 9.17) is 4.74 Å². The summed E-state index contributed by atoms with van der Waals surface area (Å²) in [4.78, 5) is 16.6. The van der Waals surface area contributed by atoms with Crippen molar-refractivity contribution >= 4 is 22.4 Å². The van der Waals surface area contributed by atoms with E-state index in [0.29, 0.717) is 11.6 Å². The van der Waals surface area contributed by atoms with Crippen LogP contribution in [0.3, 0.4) is 0 Å². The lowest BCUT2D eigenvalue weighted by Gasteiger charge is -2.10. The van der Waals surface area contributed by atoms with Crippen molar-refractivity contribution in [2.75, 3.05) is 12.4 Å². The summed E-state index contributed by atoms with van der Waals surface area (Å²) in [6, 6.07) is 0. The number of aryl methyl sites for hydroxylation is 1. The van der Waals surface area contributed by atoms with E-state index in [9.17, 15) is 4.79 Å². The Morgan fingerprint density at radius 1 is 1.79 bits per heavy atom. The number of amides is 1. The molecule has 1 aromatic heterocycles. The van der Waals surface area contributed by atoms with Gasteiger partial charge >= 0.3 is 0 Å². The molecule has 0 bridgehead atoms. The Labute approximate surface area is 87.3 Å². The number of rotatable bonds is 4. The van der Waals surface area contributed by atoms with Crippen LogP contribution in [0.5, 0.6) is 0 Å². The van der Waals surface area contributed by atoms with Crippen LogP contribution in [0.15, 0.2) is 6.20 Å². The third-order valence-corrected chi connectivity index (χ3v) is 2.63. The highest BCUT2D eigenvalue weighted by atomic mass is 32.1. The van der Waals surface area contributed by atoms with E-state index in [-0.39, 0.29) is 12.0 Å². The van der Waals surface area contributed by atoms with E-state index in [1.54, 1.807) is 6.20 Å². The highest BCUT2D eigenvalue weighted by Crippen LogP contribution is 2.17. The maximum absolute atomic E-state index is 11.5. The molecule has 14 heavy (non-hydrogen) atoms. The average molecular weight is 214 g/mol. The SMILES string of the molecule is CC[C@H](OC)C(=O)Nc1ncc(C)s1. The monoisotopic (exact) mass is 214 g/mol. The number of methoxy groups -OCH3 is 1. The van der Waals surface area contributed by atoms with Crippen LogP contribution in [-0.4, -0.2) is 24.1 Å². The maximum Gasteiger partial charge on any atom is 0.255 e. The normalized spacial score (nSPS) is 12.5. The zero-order valence-electron chi connectivity index (χ0n) is 8.53. The second kappa shape index (κ2) is 5.07. The van der Waals surface area contributed by atoms with Gasteiger partial charge in [0.25, 0.3) is 5.91 Å². The molecule has 0 unspecified atom stereocenters. The van der Waals surface area contributed by atoms with Gasteiger partial charge in [-0.3, -0.25) is 10.1 Å². The molecule has 0 fully saturated rings. The minimum atomic E-state index is -0.390. The Morgan fingerprint density at radius 2 is 2.50 bits per heavy atom. The van der Waals surface area contributed by atoms with Crippen molar-refractivity contribution in [1.29, 1.82) is 0 Å². The van der Waals surface area contributed by atoms with Gasteiger partial charge in [0, 0.05) is 18.2 Å². The van der Waals surface area contributed by atoms with Gasteiger partial charge in [-0.2, -0.15) is 0 Å². The van der Waals surface area contributed by atoms with Crippen LogP contribution in [0.1, 0.15) is 18.2 Å². The summed E-state index contributed by atoms with van der Waals surface area (Å²) in [7, 11) is 1.53. The summed E-state index contributed by atoms with van der Waals surface area (Å²) in [5, 5.41) is 3.34. The highest BCUT2D eigenvalue weighted by molar-refractivity contribution is 7.15. The zero-order valence-corrected chi connectivity index (χ0v) is 9.35. The Balaban J connectivity index is 2.56.